The highest BCUT2D eigenvalue weighted by molar-refractivity contribution is 6.64. The van der Waals surface area contributed by atoms with Gasteiger partial charge in [0.1, 0.15) is 5.75 Å². The van der Waals surface area contributed by atoms with Gasteiger partial charge in [-0.25, -0.2) is 0 Å². The Kier molecular flexibility index (Phi) is 3.96. The summed E-state index contributed by atoms with van der Waals surface area (Å²) >= 11 is 5.51. The van der Waals surface area contributed by atoms with Crippen LogP contribution in [-0.4, -0.2) is 12.4 Å². The predicted molar refractivity (Wildman–Crippen MR) is 56.9 cm³/mol. The number of carbonyl (C=O) groups excluding carboxylic acids is 1. The molecular formula is C11H13ClO2. The Morgan fingerprint density at radius 3 is 2.64 bits per heavy atom. The highest BCUT2D eigenvalue weighted by atomic mass is 35.5. The van der Waals surface area contributed by atoms with Gasteiger partial charge in [-0.15, -0.1) is 0 Å². The van der Waals surface area contributed by atoms with E-state index >= 15 is 0 Å². The number of para-hydroxylation sites is 1. The zero-order valence-electron chi connectivity index (χ0n) is 8.29. The van der Waals surface area contributed by atoms with E-state index in [0.717, 1.165) is 5.56 Å². The Labute approximate surface area is 88.8 Å². The number of carbonyl (C=O) groups is 1. The summed E-state index contributed by atoms with van der Waals surface area (Å²) in [5.74, 6) is 0.446. The lowest BCUT2D eigenvalue weighted by Crippen LogP contribution is -2.06. The maximum absolute atomic E-state index is 11.2. The molecule has 0 saturated carbocycles. The number of halogens is 1. The largest absolute Gasteiger partial charge is 0.496 e. The minimum atomic E-state index is -0.336. The first-order chi connectivity index (χ1) is 6.70. The van der Waals surface area contributed by atoms with Gasteiger partial charge in [-0.3, -0.25) is 4.79 Å². The molecule has 0 aliphatic carbocycles. The lowest BCUT2D eigenvalue weighted by atomic mass is 9.97. The van der Waals surface area contributed by atoms with Gasteiger partial charge in [0.25, 0.3) is 0 Å². The molecule has 0 aromatic heterocycles. The fourth-order valence-corrected chi connectivity index (χ4v) is 1.73. The Hall–Kier alpha value is -1.02. The van der Waals surface area contributed by atoms with Crippen LogP contribution >= 0.6 is 11.6 Å². The number of benzene rings is 1. The van der Waals surface area contributed by atoms with E-state index in [4.69, 9.17) is 16.3 Å². The van der Waals surface area contributed by atoms with Crippen molar-refractivity contribution in [2.75, 3.05) is 7.11 Å². The average molecular weight is 213 g/mol. The average Bonchev–Trinajstić information content (AvgIpc) is 2.19. The van der Waals surface area contributed by atoms with Crippen molar-refractivity contribution in [3.63, 3.8) is 0 Å². The molecule has 0 bridgehead atoms. The summed E-state index contributed by atoms with van der Waals surface area (Å²) in [6.07, 6.45) is 0.683. The molecule has 0 fully saturated rings. The first kappa shape index (κ1) is 11.1. The van der Waals surface area contributed by atoms with Crippen LogP contribution in [0, 0.1) is 0 Å². The molecule has 0 amide bonds. The summed E-state index contributed by atoms with van der Waals surface area (Å²) in [4.78, 5) is 11.2. The number of hydrogen-bond acceptors (Lipinski definition) is 2. The van der Waals surface area contributed by atoms with Gasteiger partial charge in [0.15, 0.2) is 0 Å². The van der Waals surface area contributed by atoms with Crippen LogP contribution in [0.25, 0.3) is 0 Å². The quantitative estimate of drug-likeness (QED) is 0.718. The molecule has 0 aliphatic heterocycles. The molecule has 1 unspecified atom stereocenters. The molecule has 3 heteroatoms. The third kappa shape index (κ3) is 2.26. The molecule has 0 spiro atoms. The molecule has 0 aliphatic rings. The van der Waals surface area contributed by atoms with Gasteiger partial charge in [0.05, 0.1) is 13.0 Å². The molecule has 0 radical (unpaired) electrons. The molecule has 1 aromatic rings. The van der Waals surface area contributed by atoms with Gasteiger partial charge in [-0.1, -0.05) is 25.1 Å². The highest BCUT2D eigenvalue weighted by Crippen LogP contribution is 2.30. The molecule has 1 aromatic carbocycles. The van der Waals surface area contributed by atoms with E-state index in [2.05, 4.69) is 0 Å². The van der Waals surface area contributed by atoms with Gasteiger partial charge in [0.2, 0.25) is 5.24 Å². The number of hydrogen-bond donors (Lipinski definition) is 0. The van der Waals surface area contributed by atoms with Crippen molar-refractivity contribution in [1.82, 2.24) is 0 Å². The summed E-state index contributed by atoms with van der Waals surface area (Å²) in [7, 11) is 1.59. The number of methoxy groups -OCH3 is 1. The van der Waals surface area contributed by atoms with Crippen LogP contribution in [0.2, 0.25) is 0 Å². The van der Waals surface area contributed by atoms with Crippen molar-refractivity contribution < 1.29 is 9.53 Å². The summed E-state index contributed by atoms with van der Waals surface area (Å²) in [6, 6.07) is 7.44. The summed E-state index contributed by atoms with van der Waals surface area (Å²) in [5.41, 5.74) is 0.859. The van der Waals surface area contributed by atoms with Gasteiger partial charge in [0, 0.05) is 5.56 Å². The standard InChI is InChI=1S/C11H13ClO2/c1-3-8(11(12)13)9-6-4-5-7-10(9)14-2/h4-8H,3H2,1-2H3. The monoisotopic (exact) mass is 212 g/mol. The number of ether oxygens (including phenoxy) is 1. The van der Waals surface area contributed by atoms with Gasteiger partial charge >= 0.3 is 0 Å². The van der Waals surface area contributed by atoms with Crippen molar-refractivity contribution in [2.24, 2.45) is 0 Å². The van der Waals surface area contributed by atoms with Crippen LogP contribution in [0.3, 0.4) is 0 Å². The zero-order valence-corrected chi connectivity index (χ0v) is 9.04. The van der Waals surface area contributed by atoms with Crippen LogP contribution in [0.1, 0.15) is 24.8 Å². The van der Waals surface area contributed by atoms with Crippen LogP contribution in [0.15, 0.2) is 24.3 Å². The lowest BCUT2D eigenvalue weighted by Gasteiger charge is -2.13. The van der Waals surface area contributed by atoms with E-state index in [-0.39, 0.29) is 11.2 Å². The smallest absolute Gasteiger partial charge is 0.229 e. The van der Waals surface area contributed by atoms with Crippen LogP contribution in [0.4, 0.5) is 0 Å². The molecular weight excluding hydrogens is 200 g/mol. The number of rotatable bonds is 4. The second-order valence-corrected chi connectivity index (χ2v) is 3.38. The van der Waals surface area contributed by atoms with E-state index in [1.165, 1.54) is 0 Å². The highest BCUT2D eigenvalue weighted by Gasteiger charge is 2.19. The van der Waals surface area contributed by atoms with Crippen molar-refractivity contribution in [2.45, 2.75) is 19.3 Å². The third-order valence-electron chi connectivity index (χ3n) is 2.20. The summed E-state index contributed by atoms with van der Waals surface area (Å²) < 4.78 is 5.17. The molecule has 14 heavy (non-hydrogen) atoms. The molecule has 0 heterocycles. The SMILES string of the molecule is CCC(C(=O)Cl)c1ccccc1OC. The van der Waals surface area contributed by atoms with Gasteiger partial charge in [-0.05, 0) is 24.1 Å². The van der Waals surface area contributed by atoms with E-state index in [9.17, 15) is 4.79 Å². The van der Waals surface area contributed by atoms with Crippen LogP contribution < -0.4 is 4.74 Å². The molecule has 0 saturated heterocycles. The van der Waals surface area contributed by atoms with Crippen LogP contribution in [-0.2, 0) is 4.79 Å². The molecule has 76 valence electrons. The predicted octanol–water partition coefficient (Wildman–Crippen LogP) is 2.95. The second kappa shape index (κ2) is 5.01. The minimum Gasteiger partial charge on any atom is -0.496 e. The van der Waals surface area contributed by atoms with Crippen LogP contribution in [0.5, 0.6) is 5.75 Å². The maximum atomic E-state index is 11.2. The Bertz CT molecular complexity index is 323. The van der Waals surface area contributed by atoms with Crippen molar-refractivity contribution in [1.29, 1.82) is 0 Å². The van der Waals surface area contributed by atoms with Crippen molar-refractivity contribution in [3.05, 3.63) is 29.8 Å². The van der Waals surface area contributed by atoms with E-state index in [0.29, 0.717) is 12.2 Å². The first-order valence-electron chi connectivity index (χ1n) is 4.53. The molecule has 1 atom stereocenters. The maximum Gasteiger partial charge on any atom is 0.229 e. The topological polar surface area (TPSA) is 26.3 Å². The van der Waals surface area contributed by atoms with Crippen molar-refractivity contribution in [3.8, 4) is 5.75 Å². The first-order valence-corrected chi connectivity index (χ1v) is 4.90. The fourth-order valence-electron chi connectivity index (χ4n) is 1.46. The molecule has 2 nitrogen and oxygen atoms in total. The third-order valence-corrected chi connectivity index (χ3v) is 2.46. The van der Waals surface area contributed by atoms with Crippen molar-refractivity contribution >= 4 is 16.8 Å². The second-order valence-electron chi connectivity index (χ2n) is 3.01. The minimum absolute atomic E-state index is 0.271. The zero-order chi connectivity index (χ0) is 10.6. The van der Waals surface area contributed by atoms with E-state index < -0.39 is 0 Å². The van der Waals surface area contributed by atoms with Gasteiger partial charge < -0.3 is 4.74 Å². The Balaban J connectivity index is 3.08. The van der Waals surface area contributed by atoms with E-state index in [1.54, 1.807) is 7.11 Å². The van der Waals surface area contributed by atoms with E-state index in [1.807, 2.05) is 31.2 Å². The molecule has 0 N–H and O–H groups in total. The normalized spacial score (nSPS) is 12.2. The lowest BCUT2D eigenvalue weighted by molar-refractivity contribution is -0.113. The Morgan fingerprint density at radius 2 is 2.14 bits per heavy atom. The summed E-state index contributed by atoms with van der Waals surface area (Å²) in [5, 5.41) is -0.336. The summed E-state index contributed by atoms with van der Waals surface area (Å²) in [6.45, 7) is 1.93. The molecule has 1 rings (SSSR count). The van der Waals surface area contributed by atoms with Gasteiger partial charge in [-0.2, -0.15) is 0 Å². The fraction of sp³-hybridized carbons (Fsp3) is 0.364. The Morgan fingerprint density at radius 1 is 1.50 bits per heavy atom.